The Morgan fingerprint density at radius 1 is 1.17 bits per heavy atom. The Bertz CT molecular complexity index is 571. The zero-order valence-electron chi connectivity index (χ0n) is 8.95. The number of fused-ring (bicyclic) bond motifs is 3. The van der Waals surface area contributed by atoms with E-state index in [9.17, 15) is 0 Å². The third kappa shape index (κ3) is 3.39. The lowest BCUT2D eigenvalue weighted by molar-refractivity contribution is -2.00. The van der Waals surface area contributed by atoms with Gasteiger partial charge in [0.15, 0.2) is 6.61 Å². The van der Waals surface area contributed by atoms with Crippen molar-refractivity contribution in [1.82, 2.24) is 0 Å². The van der Waals surface area contributed by atoms with Crippen molar-refractivity contribution in [3.63, 3.8) is 0 Å². The molecule has 3 rings (SSSR count). The van der Waals surface area contributed by atoms with Crippen LogP contribution in [-0.2, 0) is 11.3 Å². The summed E-state index contributed by atoms with van der Waals surface area (Å²) in [5.74, 6) is 0. The second-order valence-corrected chi connectivity index (χ2v) is 5.18. The Kier molecular flexibility index (Phi) is 3.81. The van der Waals surface area contributed by atoms with Crippen molar-refractivity contribution >= 4 is 27.8 Å². The minimum Gasteiger partial charge on any atom is -0.483 e. The van der Waals surface area contributed by atoms with Crippen LogP contribution in [0.1, 0.15) is 5.01 Å². The van der Waals surface area contributed by atoms with Crippen molar-refractivity contribution in [1.29, 1.82) is 0 Å². The topological polar surface area (TPSA) is 105 Å². The number of rotatable bonds is 0. The molecule has 96 valence electrons. The number of halogens is 1. The summed E-state index contributed by atoms with van der Waals surface area (Å²) in [6.45, 7) is 0.690. The predicted molar refractivity (Wildman–Crippen MR) is 52.1 cm³/mol. The van der Waals surface area contributed by atoms with Gasteiger partial charge in [-0.15, -0.1) is 14.8 Å². The quantitative estimate of drug-likeness (QED) is 0.494. The summed E-state index contributed by atoms with van der Waals surface area (Å²) in [5, 5.41) is 1.25. The first-order valence-corrected chi connectivity index (χ1v) is 6.82. The van der Waals surface area contributed by atoms with Crippen molar-refractivity contribution < 1.29 is 38.2 Å². The van der Waals surface area contributed by atoms with E-state index in [0.29, 0.717) is 6.61 Å². The second kappa shape index (κ2) is 5.19. The van der Waals surface area contributed by atoms with Gasteiger partial charge in [0.2, 0.25) is 11.7 Å². The van der Waals surface area contributed by atoms with Crippen LogP contribution >= 0.6 is 11.3 Å². The molecule has 0 N–H and O–H groups in total. The maximum atomic E-state index is 8.49. The van der Waals surface area contributed by atoms with Gasteiger partial charge in [-0.2, -0.15) is 0 Å². The first-order valence-electron chi connectivity index (χ1n) is 4.77. The van der Waals surface area contributed by atoms with E-state index in [2.05, 4.69) is 28.8 Å². The van der Waals surface area contributed by atoms with Gasteiger partial charge in [-0.1, -0.05) is 23.5 Å². The smallest absolute Gasteiger partial charge is 0.281 e. The summed E-state index contributed by atoms with van der Waals surface area (Å²) in [6.07, 6.45) is 3.71. The number of benzene rings is 1. The second-order valence-electron chi connectivity index (χ2n) is 3.31. The molecular formula is C10H8ClNO5S. The zero-order chi connectivity index (χ0) is 13.2. The Balaban J connectivity index is 0.000000209. The highest BCUT2D eigenvalue weighted by atomic mass is 35.7. The number of hydrogen-bond acceptors (Lipinski definition) is 6. The summed E-state index contributed by atoms with van der Waals surface area (Å²) >= 11 is 1.79. The van der Waals surface area contributed by atoms with E-state index >= 15 is 0 Å². The summed E-state index contributed by atoms with van der Waals surface area (Å²) in [7, 11) is -4.94. The Morgan fingerprint density at radius 3 is 2.56 bits per heavy atom. The molecule has 18 heavy (non-hydrogen) atoms. The van der Waals surface area contributed by atoms with Crippen LogP contribution in [0.2, 0.25) is 0 Å². The van der Waals surface area contributed by atoms with Crippen molar-refractivity contribution in [2.24, 2.45) is 0 Å². The van der Waals surface area contributed by atoms with Gasteiger partial charge >= 0.3 is 0 Å². The maximum Gasteiger partial charge on any atom is 0.281 e. The third-order valence-electron chi connectivity index (χ3n) is 2.13. The molecule has 0 saturated carbocycles. The number of thiazole rings is 1. The molecule has 0 unspecified atom stereocenters. The molecule has 0 aliphatic carbocycles. The molecule has 1 aliphatic heterocycles. The Morgan fingerprint density at radius 2 is 1.83 bits per heavy atom. The average molecular weight is 290 g/mol. The fraction of sp³-hybridized carbons (Fsp3) is 0.100. The first kappa shape index (κ1) is 13.2. The first-order chi connectivity index (χ1) is 8.45. The van der Waals surface area contributed by atoms with E-state index in [1.807, 2.05) is 6.20 Å². The summed E-state index contributed by atoms with van der Waals surface area (Å²) in [4.78, 5) is 0. The fourth-order valence-corrected chi connectivity index (χ4v) is 2.59. The molecule has 0 atom stereocenters. The molecule has 2 aromatic rings. The van der Waals surface area contributed by atoms with Crippen LogP contribution in [0.5, 0.6) is 0 Å². The molecule has 0 amide bonds. The van der Waals surface area contributed by atoms with Crippen LogP contribution in [-0.4, -0.2) is 0 Å². The van der Waals surface area contributed by atoms with E-state index in [0.717, 1.165) is 0 Å². The van der Waals surface area contributed by atoms with Gasteiger partial charge in [-0.05, 0) is 6.07 Å². The maximum absolute atomic E-state index is 8.49. The Hall–Kier alpha value is -1.22. The van der Waals surface area contributed by atoms with E-state index < -0.39 is 10.2 Å². The molecule has 1 aromatic heterocycles. The van der Waals surface area contributed by atoms with Gasteiger partial charge in [0.25, 0.3) is 5.01 Å². The molecule has 0 spiro atoms. The van der Waals surface area contributed by atoms with E-state index in [1.165, 1.54) is 15.2 Å². The lowest BCUT2D eigenvalue weighted by Crippen LogP contribution is -2.68. The highest BCUT2D eigenvalue weighted by Gasteiger charge is 2.20. The third-order valence-corrected chi connectivity index (χ3v) is 3.25. The van der Waals surface area contributed by atoms with Gasteiger partial charge in [0.05, 0.1) is 0 Å². The number of aromatic nitrogens is 1. The fourth-order valence-electron chi connectivity index (χ4n) is 1.54. The largest absolute Gasteiger partial charge is 0.483 e. The van der Waals surface area contributed by atoms with Gasteiger partial charge in [0.1, 0.15) is 11.0 Å². The van der Waals surface area contributed by atoms with Crippen LogP contribution in [0, 0.1) is 10.2 Å². The van der Waals surface area contributed by atoms with E-state index in [4.69, 9.17) is 23.4 Å². The van der Waals surface area contributed by atoms with E-state index in [1.54, 1.807) is 17.6 Å². The molecule has 8 heteroatoms. The molecule has 1 aliphatic rings. The molecule has 6 nitrogen and oxygen atoms in total. The standard InChI is InChI=1S/C10H8NOS.ClHO4/c1-2-4-9-8(3-1)11-5-6-12-7-10(11)13-9;2-1(3,4)5/h1-6H,7H2;(H,2,3,4,5)/q+1;/p-1. The highest BCUT2D eigenvalue weighted by Crippen LogP contribution is 2.22. The van der Waals surface area contributed by atoms with Crippen LogP contribution in [0.15, 0.2) is 30.5 Å². The monoisotopic (exact) mass is 289 g/mol. The molecule has 0 fully saturated rings. The number of ether oxygens (including phenoxy) is 1. The van der Waals surface area contributed by atoms with Crippen molar-refractivity contribution in [2.45, 2.75) is 6.61 Å². The minimum atomic E-state index is -4.94. The van der Waals surface area contributed by atoms with Gasteiger partial charge in [-0.25, -0.2) is 18.6 Å². The number of para-hydroxylation sites is 1. The molecule has 0 radical (unpaired) electrons. The van der Waals surface area contributed by atoms with Crippen molar-refractivity contribution in [3.8, 4) is 0 Å². The van der Waals surface area contributed by atoms with Crippen LogP contribution in [0.3, 0.4) is 0 Å². The average Bonchev–Trinajstić information content (AvgIpc) is 2.65. The molecule has 1 aromatic carbocycles. The molecule has 0 bridgehead atoms. The van der Waals surface area contributed by atoms with Crippen molar-refractivity contribution in [3.05, 3.63) is 35.5 Å². The zero-order valence-corrected chi connectivity index (χ0v) is 10.5. The predicted octanol–water partition coefficient (Wildman–Crippen LogP) is -2.61. The SMILES string of the molecule is C1=C[n+]2c(sc3ccccc32)CO1.[O-][Cl+3]([O-])([O-])[O-]. The number of nitrogens with zero attached hydrogens (tertiary/aromatic N) is 1. The lowest BCUT2D eigenvalue weighted by atomic mass is 10.3. The summed E-state index contributed by atoms with van der Waals surface area (Å²) in [5.41, 5.74) is 1.27. The van der Waals surface area contributed by atoms with Crippen LogP contribution in [0.25, 0.3) is 16.4 Å². The van der Waals surface area contributed by atoms with E-state index in [-0.39, 0.29) is 0 Å². The minimum absolute atomic E-state index is 0.690. The molecule has 0 saturated heterocycles. The summed E-state index contributed by atoms with van der Waals surface area (Å²) in [6, 6.07) is 8.39. The van der Waals surface area contributed by atoms with Crippen molar-refractivity contribution in [2.75, 3.05) is 0 Å². The Labute approximate surface area is 108 Å². The normalized spacial score (nSPS) is 13.6. The lowest BCUT2D eigenvalue weighted by Gasteiger charge is -2.17. The van der Waals surface area contributed by atoms with Crippen LogP contribution < -0.4 is 23.2 Å². The highest BCUT2D eigenvalue weighted by molar-refractivity contribution is 7.18. The van der Waals surface area contributed by atoms with Gasteiger partial charge in [-0.3, -0.25) is 0 Å². The van der Waals surface area contributed by atoms with Crippen LogP contribution in [0.4, 0.5) is 0 Å². The van der Waals surface area contributed by atoms with Gasteiger partial charge in [0, 0.05) is 6.07 Å². The molecular weight excluding hydrogens is 282 g/mol. The molecule has 2 heterocycles. The van der Waals surface area contributed by atoms with Gasteiger partial charge < -0.3 is 4.74 Å². The number of hydrogen-bond donors (Lipinski definition) is 0. The summed E-state index contributed by atoms with van der Waals surface area (Å²) < 4.78 is 42.7.